The third-order valence-corrected chi connectivity index (χ3v) is 7.16. The third-order valence-electron chi connectivity index (χ3n) is 5.38. The van der Waals surface area contributed by atoms with Crippen molar-refractivity contribution in [1.29, 1.82) is 0 Å². The molecule has 1 aromatic rings. The molecule has 180 valence electrons. The quantitative estimate of drug-likeness (QED) is 0.427. The molecule has 0 unspecified atom stereocenters. The molecule has 32 heavy (non-hydrogen) atoms. The molecule has 1 atom stereocenters. The average Bonchev–Trinajstić information content (AvgIpc) is 3.24. The number of halogens is 3. The fourth-order valence-corrected chi connectivity index (χ4v) is 5.17. The Morgan fingerprint density at radius 1 is 1.22 bits per heavy atom. The van der Waals surface area contributed by atoms with Gasteiger partial charge in [0.2, 0.25) is 17.6 Å². The van der Waals surface area contributed by atoms with E-state index in [2.05, 4.69) is 4.90 Å². The van der Waals surface area contributed by atoms with Gasteiger partial charge in [-0.3, -0.25) is 14.4 Å². The van der Waals surface area contributed by atoms with E-state index in [9.17, 15) is 27.6 Å². The number of ketones is 1. The normalized spacial score (nSPS) is 16.0. The summed E-state index contributed by atoms with van der Waals surface area (Å²) >= 11 is 2.36. The van der Waals surface area contributed by atoms with Crippen LogP contribution in [0.25, 0.3) is 0 Å². The zero-order chi connectivity index (χ0) is 23.6. The van der Waals surface area contributed by atoms with E-state index in [1.807, 2.05) is 16.8 Å². The Kier molecular flexibility index (Phi) is 11.0. The highest BCUT2D eigenvalue weighted by molar-refractivity contribution is 7.99. The lowest BCUT2D eigenvalue weighted by Crippen LogP contribution is -2.51. The van der Waals surface area contributed by atoms with Gasteiger partial charge in [0.1, 0.15) is 6.04 Å². The molecule has 6 nitrogen and oxygen atoms in total. The van der Waals surface area contributed by atoms with Gasteiger partial charge in [-0.25, -0.2) is 0 Å². The molecule has 0 aliphatic carbocycles. The lowest BCUT2D eigenvalue weighted by Gasteiger charge is -2.33. The van der Waals surface area contributed by atoms with E-state index in [1.165, 1.54) is 22.7 Å². The molecule has 1 fully saturated rings. The van der Waals surface area contributed by atoms with E-state index < -0.39 is 29.7 Å². The fraction of sp³-hybridized carbons (Fsp3) is 0.667. The summed E-state index contributed by atoms with van der Waals surface area (Å²) in [5, 5.41) is 3.76. The number of hydrogen-bond acceptors (Lipinski definition) is 6. The van der Waals surface area contributed by atoms with Crippen LogP contribution in [-0.4, -0.2) is 77.3 Å². The van der Waals surface area contributed by atoms with Gasteiger partial charge in [0.25, 0.3) is 0 Å². The minimum Gasteiger partial charge on any atom is -0.368 e. The Morgan fingerprint density at radius 2 is 1.94 bits per heavy atom. The largest absolute Gasteiger partial charge is 0.450 e. The first-order valence-electron chi connectivity index (χ1n) is 10.7. The van der Waals surface area contributed by atoms with Gasteiger partial charge in [-0.2, -0.15) is 36.3 Å². The van der Waals surface area contributed by atoms with E-state index in [4.69, 9.17) is 5.73 Å². The van der Waals surface area contributed by atoms with E-state index >= 15 is 0 Å². The smallest absolute Gasteiger partial charge is 0.368 e. The summed E-state index contributed by atoms with van der Waals surface area (Å²) in [5.41, 5.74) is 6.49. The SMILES string of the molecule is NC(=O)[C@H](CCCSCC(=O)C(F)(F)F)N(CCN1CCCCC1)C(=O)Cc1ccsc1. The molecule has 0 spiro atoms. The van der Waals surface area contributed by atoms with Crippen LogP contribution in [0.1, 0.15) is 37.7 Å². The Hall–Kier alpha value is -1.59. The van der Waals surface area contributed by atoms with Crippen LogP contribution < -0.4 is 5.73 Å². The second-order valence-corrected chi connectivity index (χ2v) is 9.72. The molecule has 0 bridgehead atoms. The minimum absolute atomic E-state index is 0.169. The van der Waals surface area contributed by atoms with Crippen molar-refractivity contribution in [1.82, 2.24) is 9.80 Å². The fourth-order valence-electron chi connectivity index (χ4n) is 3.63. The number of likely N-dealkylation sites (tertiary alicyclic amines) is 1. The van der Waals surface area contributed by atoms with Crippen molar-refractivity contribution in [3.63, 3.8) is 0 Å². The number of alkyl halides is 3. The van der Waals surface area contributed by atoms with Crippen LogP contribution in [0.3, 0.4) is 0 Å². The van der Waals surface area contributed by atoms with Gasteiger partial charge in [0, 0.05) is 13.1 Å². The molecule has 2 rings (SSSR count). The number of rotatable bonds is 13. The number of Topliss-reactive ketones (excluding diaryl/α,β-unsaturated/α-hetero) is 1. The number of carbonyl (C=O) groups excluding carboxylic acids is 3. The molecule has 2 N–H and O–H groups in total. The number of hydrogen-bond donors (Lipinski definition) is 1. The Balaban J connectivity index is 1.95. The van der Waals surface area contributed by atoms with Gasteiger partial charge in [-0.05, 0) is 66.9 Å². The standard InChI is InChI=1S/C21H30F3N3O3S2/c22-21(23,24)18(28)15-31-11-4-5-17(20(25)30)27(10-9-26-7-2-1-3-8-26)19(29)13-16-6-12-32-14-16/h6,12,14,17H,1-5,7-11,13,15H2,(H2,25,30)/t17-/m0/s1. The number of nitrogens with zero attached hydrogens (tertiary/aromatic N) is 2. The van der Waals surface area contributed by atoms with Gasteiger partial charge < -0.3 is 15.5 Å². The Morgan fingerprint density at radius 3 is 2.53 bits per heavy atom. The molecule has 11 heteroatoms. The van der Waals surface area contributed by atoms with E-state index in [0.717, 1.165) is 43.3 Å². The number of thioether (sulfide) groups is 1. The molecule has 0 radical (unpaired) electrons. The predicted molar refractivity (Wildman–Crippen MR) is 121 cm³/mol. The molecule has 1 saturated heterocycles. The first kappa shape index (κ1) is 26.7. The maximum absolute atomic E-state index is 13.0. The van der Waals surface area contributed by atoms with Crippen molar-refractivity contribution in [2.75, 3.05) is 37.7 Å². The number of nitrogens with two attached hydrogens (primary N) is 1. The van der Waals surface area contributed by atoms with Gasteiger partial charge in [0.15, 0.2) is 0 Å². The number of piperidine rings is 1. The van der Waals surface area contributed by atoms with Crippen LogP contribution >= 0.6 is 23.1 Å². The number of thiophene rings is 1. The van der Waals surface area contributed by atoms with Crippen molar-refractivity contribution in [3.05, 3.63) is 22.4 Å². The molecule has 2 amide bonds. The second kappa shape index (κ2) is 13.2. The van der Waals surface area contributed by atoms with Gasteiger partial charge in [-0.15, -0.1) is 0 Å². The van der Waals surface area contributed by atoms with Crippen LogP contribution in [0.2, 0.25) is 0 Å². The summed E-state index contributed by atoms with van der Waals surface area (Å²) in [6, 6.07) is 1.03. The lowest BCUT2D eigenvalue weighted by atomic mass is 10.1. The topological polar surface area (TPSA) is 83.7 Å². The van der Waals surface area contributed by atoms with Crippen LogP contribution in [0.15, 0.2) is 16.8 Å². The van der Waals surface area contributed by atoms with Crippen molar-refractivity contribution < 1.29 is 27.6 Å². The summed E-state index contributed by atoms with van der Waals surface area (Å²) in [4.78, 5) is 40.0. The molecular weight excluding hydrogens is 463 g/mol. The molecule has 0 aromatic carbocycles. The number of primary amides is 1. The molecule has 1 aliphatic heterocycles. The van der Waals surface area contributed by atoms with Crippen LogP contribution in [0.5, 0.6) is 0 Å². The zero-order valence-corrected chi connectivity index (χ0v) is 19.6. The highest BCUT2D eigenvalue weighted by atomic mass is 32.2. The van der Waals surface area contributed by atoms with E-state index in [1.54, 1.807) is 0 Å². The van der Waals surface area contributed by atoms with Crippen LogP contribution in [0.4, 0.5) is 13.2 Å². The summed E-state index contributed by atoms with van der Waals surface area (Å²) in [6.07, 6.45) is -0.640. The van der Waals surface area contributed by atoms with Crippen molar-refractivity contribution >= 4 is 40.7 Å². The molecule has 1 aromatic heterocycles. The van der Waals surface area contributed by atoms with Crippen LogP contribution in [-0.2, 0) is 20.8 Å². The first-order chi connectivity index (χ1) is 15.2. The highest BCUT2D eigenvalue weighted by Gasteiger charge is 2.37. The van der Waals surface area contributed by atoms with Crippen molar-refractivity contribution in [2.45, 2.75) is 50.7 Å². The zero-order valence-electron chi connectivity index (χ0n) is 17.9. The van der Waals surface area contributed by atoms with Crippen LogP contribution in [0, 0.1) is 0 Å². The predicted octanol–water partition coefficient (Wildman–Crippen LogP) is 3.10. The Bertz CT molecular complexity index is 738. The summed E-state index contributed by atoms with van der Waals surface area (Å²) < 4.78 is 36.9. The van der Waals surface area contributed by atoms with Gasteiger partial charge >= 0.3 is 6.18 Å². The van der Waals surface area contributed by atoms with E-state index in [-0.39, 0.29) is 24.5 Å². The molecule has 2 heterocycles. The minimum atomic E-state index is -4.83. The molecule has 0 saturated carbocycles. The first-order valence-corrected chi connectivity index (χ1v) is 12.8. The lowest BCUT2D eigenvalue weighted by molar-refractivity contribution is -0.167. The van der Waals surface area contributed by atoms with E-state index in [0.29, 0.717) is 19.5 Å². The summed E-state index contributed by atoms with van der Waals surface area (Å²) in [5.74, 6) is -2.98. The Labute approximate surface area is 194 Å². The van der Waals surface area contributed by atoms with Crippen molar-refractivity contribution in [3.8, 4) is 0 Å². The average molecular weight is 494 g/mol. The highest BCUT2D eigenvalue weighted by Crippen LogP contribution is 2.20. The second-order valence-electron chi connectivity index (χ2n) is 7.83. The third kappa shape index (κ3) is 9.11. The van der Waals surface area contributed by atoms with Gasteiger partial charge in [0.05, 0.1) is 12.2 Å². The van der Waals surface area contributed by atoms with Gasteiger partial charge in [-0.1, -0.05) is 6.42 Å². The summed E-state index contributed by atoms with van der Waals surface area (Å²) in [7, 11) is 0. The molecular formula is C21H30F3N3O3S2. The van der Waals surface area contributed by atoms with Crippen molar-refractivity contribution in [2.24, 2.45) is 5.73 Å². The monoisotopic (exact) mass is 493 g/mol. The molecule has 1 aliphatic rings. The summed E-state index contributed by atoms with van der Waals surface area (Å²) in [6.45, 7) is 2.93. The maximum Gasteiger partial charge on any atom is 0.450 e. The number of amides is 2. The number of carbonyl (C=O) groups is 3. The maximum atomic E-state index is 13.0.